The van der Waals surface area contributed by atoms with Crippen molar-refractivity contribution >= 4 is 29.3 Å². The highest BCUT2D eigenvalue weighted by Crippen LogP contribution is 2.32. The Labute approximate surface area is 185 Å². The number of hydrazine groups is 1. The number of rotatable bonds is 6. The monoisotopic (exact) mass is 432 g/mol. The van der Waals surface area contributed by atoms with E-state index in [1.807, 2.05) is 42.5 Å². The lowest BCUT2D eigenvalue weighted by molar-refractivity contribution is -0.139. The maximum atomic E-state index is 12.9. The average molecular weight is 432 g/mol. The fourth-order valence-corrected chi connectivity index (χ4v) is 3.89. The minimum atomic E-state index is -0.448. The minimum Gasteiger partial charge on any atom is -0.350 e. The summed E-state index contributed by atoms with van der Waals surface area (Å²) in [4.78, 5) is 50.0. The van der Waals surface area contributed by atoms with Gasteiger partial charge in [0.2, 0.25) is 17.7 Å². The molecule has 0 bridgehead atoms. The fraction of sp³-hybridized carbons (Fsp3) is 0.250. The molecule has 2 aromatic carbocycles. The van der Waals surface area contributed by atoms with Crippen LogP contribution >= 0.6 is 0 Å². The maximum absolute atomic E-state index is 12.9. The van der Waals surface area contributed by atoms with Gasteiger partial charge < -0.3 is 10.6 Å². The third-order valence-corrected chi connectivity index (χ3v) is 5.64. The zero-order valence-corrected chi connectivity index (χ0v) is 17.4. The molecule has 2 aromatic rings. The second-order valence-electron chi connectivity index (χ2n) is 7.80. The van der Waals surface area contributed by atoms with Crippen LogP contribution in [0.1, 0.15) is 28.8 Å². The molecule has 4 rings (SSSR count). The lowest BCUT2D eigenvalue weighted by Crippen LogP contribution is -2.59. The van der Waals surface area contributed by atoms with Gasteiger partial charge in [0.15, 0.2) is 0 Å². The SMILES string of the molecule is O=C(CNC(=O)c1cccc(N2NC(=O)C3CC=CCC3C2=O)c1)NCc1ccccc1. The predicted molar refractivity (Wildman–Crippen MR) is 118 cm³/mol. The fourth-order valence-electron chi connectivity index (χ4n) is 3.89. The van der Waals surface area contributed by atoms with Crippen LogP contribution in [-0.2, 0) is 20.9 Å². The third-order valence-electron chi connectivity index (χ3n) is 5.64. The molecule has 1 aliphatic heterocycles. The Bertz CT molecular complexity index is 1070. The molecule has 0 aromatic heterocycles. The van der Waals surface area contributed by atoms with E-state index in [1.165, 1.54) is 11.1 Å². The first kappa shape index (κ1) is 21.3. The van der Waals surface area contributed by atoms with Gasteiger partial charge >= 0.3 is 0 Å². The standard InChI is InChI=1S/C24H24N4O4/c29-21(25-14-16-7-2-1-3-8-16)15-26-22(30)17-9-6-10-18(13-17)28-24(32)20-12-5-4-11-19(20)23(31)27-28/h1-10,13,19-20H,11-12,14-15H2,(H,25,29)(H,26,30)(H,27,31). The molecule has 2 unspecified atom stereocenters. The van der Waals surface area contributed by atoms with Crippen LogP contribution in [-0.4, -0.2) is 30.2 Å². The Morgan fingerprint density at radius 1 is 0.938 bits per heavy atom. The van der Waals surface area contributed by atoms with E-state index < -0.39 is 11.8 Å². The normalized spacial score (nSPS) is 19.7. The van der Waals surface area contributed by atoms with Gasteiger partial charge in [-0.05, 0) is 36.6 Å². The second-order valence-corrected chi connectivity index (χ2v) is 7.80. The van der Waals surface area contributed by atoms with Gasteiger partial charge in [0, 0.05) is 12.1 Å². The summed E-state index contributed by atoms with van der Waals surface area (Å²) in [5, 5.41) is 6.54. The number of anilines is 1. The molecular weight excluding hydrogens is 408 g/mol. The van der Waals surface area contributed by atoms with Crippen molar-refractivity contribution in [3.63, 3.8) is 0 Å². The van der Waals surface area contributed by atoms with E-state index in [0.29, 0.717) is 25.1 Å². The number of hydrogen-bond donors (Lipinski definition) is 3. The minimum absolute atomic E-state index is 0.175. The van der Waals surface area contributed by atoms with Gasteiger partial charge in [-0.15, -0.1) is 0 Å². The van der Waals surface area contributed by atoms with Crippen LogP contribution in [0.25, 0.3) is 0 Å². The number of hydrogen-bond acceptors (Lipinski definition) is 4. The molecule has 0 spiro atoms. The molecule has 3 N–H and O–H groups in total. The van der Waals surface area contributed by atoms with E-state index in [1.54, 1.807) is 18.2 Å². The summed E-state index contributed by atoms with van der Waals surface area (Å²) in [6, 6.07) is 15.9. The van der Waals surface area contributed by atoms with Crippen LogP contribution < -0.4 is 21.1 Å². The van der Waals surface area contributed by atoms with Crippen molar-refractivity contribution in [2.45, 2.75) is 19.4 Å². The van der Waals surface area contributed by atoms with Gasteiger partial charge in [-0.3, -0.25) is 24.6 Å². The molecule has 1 saturated heterocycles. The van der Waals surface area contributed by atoms with Crippen LogP contribution in [0.2, 0.25) is 0 Å². The summed E-state index contributed by atoms with van der Waals surface area (Å²) in [7, 11) is 0. The molecule has 8 heteroatoms. The highest BCUT2D eigenvalue weighted by Gasteiger charge is 2.42. The molecule has 32 heavy (non-hydrogen) atoms. The maximum Gasteiger partial charge on any atom is 0.251 e. The van der Waals surface area contributed by atoms with Gasteiger partial charge in [-0.25, -0.2) is 5.01 Å². The molecule has 1 fully saturated rings. The smallest absolute Gasteiger partial charge is 0.251 e. The third kappa shape index (κ3) is 4.69. The largest absolute Gasteiger partial charge is 0.350 e. The summed E-state index contributed by atoms with van der Waals surface area (Å²) < 4.78 is 0. The Kier molecular flexibility index (Phi) is 6.30. The summed E-state index contributed by atoms with van der Waals surface area (Å²) in [6.45, 7) is 0.199. The summed E-state index contributed by atoms with van der Waals surface area (Å²) >= 11 is 0. The Balaban J connectivity index is 1.36. The molecule has 1 heterocycles. The van der Waals surface area contributed by atoms with Gasteiger partial charge in [0.1, 0.15) is 0 Å². The number of fused-ring (bicyclic) bond motifs is 1. The summed E-state index contributed by atoms with van der Waals surface area (Å²) in [6.07, 6.45) is 4.91. The van der Waals surface area contributed by atoms with E-state index in [0.717, 1.165) is 5.56 Å². The summed E-state index contributed by atoms with van der Waals surface area (Å²) in [5.74, 6) is -1.92. The molecule has 0 radical (unpaired) electrons. The quantitative estimate of drug-likeness (QED) is 0.604. The number of allylic oxidation sites excluding steroid dienone is 2. The van der Waals surface area contributed by atoms with Crippen molar-refractivity contribution < 1.29 is 19.2 Å². The lowest BCUT2D eigenvalue weighted by Gasteiger charge is -2.38. The number of amides is 4. The van der Waals surface area contributed by atoms with E-state index in [-0.39, 0.29) is 35.7 Å². The average Bonchev–Trinajstić information content (AvgIpc) is 2.84. The van der Waals surface area contributed by atoms with Crippen LogP contribution in [0, 0.1) is 11.8 Å². The molecule has 2 atom stereocenters. The van der Waals surface area contributed by atoms with E-state index in [9.17, 15) is 19.2 Å². The zero-order valence-electron chi connectivity index (χ0n) is 17.4. The molecule has 4 amide bonds. The lowest BCUT2D eigenvalue weighted by atomic mass is 9.80. The topological polar surface area (TPSA) is 108 Å². The molecular formula is C24H24N4O4. The van der Waals surface area contributed by atoms with E-state index >= 15 is 0 Å². The van der Waals surface area contributed by atoms with Crippen LogP contribution in [0.4, 0.5) is 5.69 Å². The van der Waals surface area contributed by atoms with Crippen LogP contribution in [0.5, 0.6) is 0 Å². The number of carbonyl (C=O) groups excluding carboxylic acids is 4. The van der Waals surface area contributed by atoms with Gasteiger partial charge in [-0.1, -0.05) is 48.6 Å². The van der Waals surface area contributed by atoms with Crippen molar-refractivity contribution in [1.29, 1.82) is 0 Å². The number of benzene rings is 2. The first-order valence-electron chi connectivity index (χ1n) is 10.5. The van der Waals surface area contributed by atoms with Crippen LogP contribution in [0.3, 0.4) is 0 Å². The van der Waals surface area contributed by atoms with Gasteiger partial charge in [-0.2, -0.15) is 0 Å². The van der Waals surface area contributed by atoms with Gasteiger partial charge in [0.05, 0.1) is 24.1 Å². The highest BCUT2D eigenvalue weighted by atomic mass is 16.2. The predicted octanol–water partition coefficient (Wildman–Crippen LogP) is 1.69. The molecule has 8 nitrogen and oxygen atoms in total. The Morgan fingerprint density at radius 2 is 1.69 bits per heavy atom. The first-order valence-corrected chi connectivity index (χ1v) is 10.5. The molecule has 1 aliphatic carbocycles. The Morgan fingerprint density at radius 3 is 2.47 bits per heavy atom. The van der Waals surface area contributed by atoms with E-state index in [4.69, 9.17) is 0 Å². The zero-order chi connectivity index (χ0) is 22.5. The summed E-state index contributed by atoms with van der Waals surface area (Å²) in [5.41, 5.74) is 4.29. The van der Waals surface area contributed by atoms with Crippen molar-refractivity contribution in [1.82, 2.24) is 16.1 Å². The Hall–Kier alpha value is -3.94. The first-order chi connectivity index (χ1) is 15.5. The molecule has 0 saturated carbocycles. The van der Waals surface area contributed by atoms with Crippen molar-refractivity contribution in [2.75, 3.05) is 11.6 Å². The second kappa shape index (κ2) is 9.47. The van der Waals surface area contributed by atoms with Crippen LogP contribution in [0.15, 0.2) is 66.7 Å². The van der Waals surface area contributed by atoms with Crippen molar-refractivity contribution in [3.8, 4) is 0 Å². The van der Waals surface area contributed by atoms with Crippen molar-refractivity contribution in [2.24, 2.45) is 11.8 Å². The molecule has 2 aliphatic rings. The van der Waals surface area contributed by atoms with Gasteiger partial charge in [0.25, 0.3) is 5.91 Å². The van der Waals surface area contributed by atoms with Crippen molar-refractivity contribution in [3.05, 3.63) is 77.9 Å². The van der Waals surface area contributed by atoms with E-state index in [2.05, 4.69) is 16.1 Å². The number of nitrogens with zero attached hydrogens (tertiary/aromatic N) is 1. The number of carbonyl (C=O) groups is 4. The number of nitrogens with one attached hydrogen (secondary N) is 3. The molecule has 164 valence electrons. The highest BCUT2D eigenvalue weighted by molar-refractivity contribution is 6.05.